The van der Waals surface area contributed by atoms with Gasteiger partial charge in [0.25, 0.3) is 5.91 Å². The molecule has 2 aromatic heterocycles. The van der Waals surface area contributed by atoms with Crippen molar-refractivity contribution >= 4 is 17.6 Å². The van der Waals surface area contributed by atoms with Gasteiger partial charge in [-0.3, -0.25) is 14.6 Å². The van der Waals surface area contributed by atoms with Gasteiger partial charge in [0.05, 0.1) is 23.5 Å². The summed E-state index contributed by atoms with van der Waals surface area (Å²) in [5.74, 6) is 0.614. The van der Waals surface area contributed by atoms with Gasteiger partial charge < -0.3 is 15.5 Å². The summed E-state index contributed by atoms with van der Waals surface area (Å²) in [4.78, 5) is 30.7. The molecule has 2 atom stereocenters. The predicted octanol–water partition coefficient (Wildman–Crippen LogP) is 1.92. The van der Waals surface area contributed by atoms with Gasteiger partial charge in [-0.1, -0.05) is 6.07 Å². The number of aromatic nitrogens is 3. The monoisotopic (exact) mass is 382 g/mol. The van der Waals surface area contributed by atoms with Crippen molar-refractivity contribution in [3.05, 3.63) is 41.9 Å². The van der Waals surface area contributed by atoms with E-state index in [1.165, 1.54) is 6.92 Å². The molecule has 8 nitrogen and oxygen atoms in total. The van der Waals surface area contributed by atoms with Crippen LogP contribution < -0.4 is 10.6 Å². The number of amides is 2. The minimum Gasteiger partial charge on any atom is -0.361 e. The van der Waals surface area contributed by atoms with Crippen molar-refractivity contribution in [2.24, 2.45) is 0 Å². The van der Waals surface area contributed by atoms with Gasteiger partial charge >= 0.3 is 0 Å². The molecule has 4 rings (SSSR count). The fourth-order valence-electron chi connectivity index (χ4n) is 4.19. The Balaban J connectivity index is 1.59. The van der Waals surface area contributed by atoms with Crippen LogP contribution in [0.4, 0.5) is 5.82 Å². The highest BCUT2D eigenvalue weighted by Gasteiger charge is 2.38. The van der Waals surface area contributed by atoms with Crippen LogP contribution in [0.5, 0.6) is 0 Å². The van der Waals surface area contributed by atoms with Gasteiger partial charge in [0.1, 0.15) is 11.4 Å². The van der Waals surface area contributed by atoms with E-state index < -0.39 is 0 Å². The van der Waals surface area contributed by atoms with E-state index in [1.54, 1.807) is 17.3 Å². The number of pyridine rings is 1. The Morgan fingerprint density at radius 2 is 2.14 bits per heavy atom. The molecule has 2 aliphatic rings. The molecule has 4 heterocycles. The minimum atomic E-state index is -0.245. The molecule has 2 aromatic rings. The van der Waals surface area contributed by atoms with Crippen molar-refractivity contribution in [1.29, 1.82) is 0 Å². The van der Waals surface area contributed by atoms with Crippen LogP contribution in [0.2, 0.25) is 0 Å². The normalized spacial score (nSPS) is 23.0. The molecule has 2 amide bonds. The van der Waals surface area contributed by atoms with Crippen molar-refractivity contribution in [3.8, 4) is 0 Å². The van der Waals surface area contributed by atoms with Crippen molar-refractivity contribution in [1.82, 2.24) is 25.0 Å². The number of nitrogens with one attached hydrogen (secondary N) is 2. The second kappa shape index (κ2) is 6.92. The number of fused-ring (bicyclic) bond motifs is 1. The molecule has 28 heavy (non-hydrogen) atoms. The third kappa shape index (κ3) is 3.34. The van der Waals surface area contributed by atoms with Crippen LogP contribution in [0.3, 0.4) is 0 Å². The number of rotatable bonds is 3. The molecular formula is C20H26N6O2. The van der Waals surface area contributed by atoms with Crippen molar-refractivity contribution in [3.63, 3.8) is 0 Å². The summed E-state index contributed by atoms with van der Waals surface area (Å²) in [6.07, 6.45) is 5.03. The zero-order chi connectivity index (χ0) is 19.9. The van der Waals surface area contributed by atoms with Crippen LogP contribution in [-0.2, 0) is 10.3 Å². The lowest BCUT2D eigenvalue weighted by Gasteiger charge is -2.38. The number of anilines is 1. The quantitative estimate of drug-likeness (QED) is 0.846. The lowest BCUT2D eigenvalue weighted by molar-refractivity contribution is -0.119. The minimum absolute atomic E-state index is 0.0117. The van der Waals surface area contributed by atoms with Gasteiger partial charge in [-0.2, -0.15) is 5.10 Å². The molecule has 2 unspecified atom stereocenters. The Morgan fingerprint density at radius 3 is 2.86 bits per heavy atom. The van der Waals surface area contributed by atoms with Crippen LogP contribution in [-0.4, -0.2) is 50.6 Å². The SMILES string of the molecule is CC(=O)NC1CCN(C(=O)c2cnn3c2NC(c2ccccn2)CC3(C)C)C1. The molecule has 1 fully saturated rings. The van der Waals surface area contributed by atoms with Gasteiger partial charge in [-0.25, -0.2) is 4.68 Å². The molecule has 0 saturated carbocycles. The van der Waals surface area contributed by atoms with E-state index in [1.807, 2.05) is 22.9 Å². The molecule has 2 N–H and O–H groups in total. The summed E-state index contributed by atoms with van der Waals surface area (Å²) in [7, 11) is 0. The number of nitrogens with zero attached hydrogens (tertiary/aromatic N) is 4. The van der Waals surface area contributed by atoms with Crippen LogP contribution in [0.1, 0.15) is 55.7 Å². The second-order valence-electron chi connectivity index (χ2n) is 8.22. The molecule has 0 aliphatic carbocycles. The van der Waals surface area contributed by atoms with E-state index in [0.717, 1.165) is 24.4 Å². The molecule has 2 aliphatic heterocycles. The van der Waals surface area contributed by atoms with E-state index in [4.69, 9.17) is 0 Å². The standard InChI is InChI=1S/C20H26N6O2/c1-13(27)23-14-7-9-25(12-14)19(28)15-11-22-26-18(15)24-17(10-20(26,2)3)16-6-4-5-8-21-16/h4-6,8,11,14,17,24H,7,9-10,12H2,1-3H3,(H,23,27). The van der Waals surface area contributed by atoms with Crippen molar-refractivity contribution in [2.45, 2.75) is 51.2 Å². The van der Waals surface area contributed by atoms with Crippen LogP contribution in [0.25, 0.3) is 0 Å². The third-order valence-corrected chi connectivity index (χ3v) is 5.52. The second-order valence-corrected chi connectivity index (χ2v) is 8.22. The first-order valence-electron chi connectivity index (χ1n) is 9.67. The Morgan fingerprint density at radius 1 is 1.32 bits per heavy atom. The average Bonchev–Trinajstić information content (AvgIpc) is 3.28. The molecule has 0 aromatic carbocycles. The maximum atomic E-state index is 13.2. The molecular weight excluding hydrogens is 356 g/mol. The average molecular weight is 382 g/mol. The summed E-state index contributed by atoms with van der Waals surface area (Å²) < 4.78 is 1.90. The number of carbonyl (C=O) groups excluding carboxylic acids is 2. The van der Waals surface area contributed by atoms with E-state index >= 15 is 0 Å². The van der Waals surface area contributed by atoms with E-state index in [-0.39, 0.29) is 29.4 Å². The zero-order valence-electron chi connectivity index (χ0n) is 16.5. The fourth-order valence-corrected chi connectivity index (χ4v) is 4.19. The maximum absolute atomic E-state index is 13.2. The van der Waals surface area contributed by atoms with Gasteiger partial charge in [0, 0.05) is 32.3 Å². The summed E-state index contributed by atoms with van der Waals surface area (Å²) >= 11 is 0. The van der Waals surface area contributed by atoms with E-state index in [2.05, 4.69) is 34.6 Å². The number of carbonyl (C=O) groups is 2. The summed E-state index contributed by atoms with van der Waals surface area (Å²) in [5, 5.41) is 10.9. The molecule has 0 spiro atoms. The predicted molar refractivity (Wildman–Crippen MR) is 105 cm³/mol. The van der Waals surface area contributed by atoms with E-state index in [0.29, 0.717) is 18.7 Å². The number of likely N-dealkylation sites (tertiary alicyclic amines) is 1. The zero-order valence-corrected chi connectivity index (χ0v) is 16.5. The highest BCUT2D eigenvalue weighted by Crippen LogP contribution is 2.39. The Labute approximate surface area is 164 Å². The summed E-state index contributed by atoms with van der Waals surface area (Å²) in [5.41, 5.74) is 1.27. The topological polar surface area (TPSA) is 92.2 Å². The van der Waals surface area contributed by atoms with Crippen molar-refractivity contribution < 1.29 is 9.59 Å². The lowest BCUT2D eigenvalue weighted by atomic mass is 9.91. The van der Waals surface area contributed by atoms with Gasteiger partial charge in [0.2, 0.25) is 5.91 Å². The van der Waals surface area contributed by atoms with Gasteiger partial charge in [0.15, 0.2) is 0 Å². The summed E-state index contributed by atoms with van der Waals surface area (Å²) in [6.45, 7) is 6.90. The summed E-state index contributed by atoms with van der Waals surface area (Å²) in [6, 6.07) is 5.90. The fraction of sp³-hybridized carbons (Fsp3) is 0.500. The molecule has 1 saturated heterocycles. The first kappa shape index (κ1) is 18.5. The highest BCUT2D eigenvalue weighted by atomic mass is 16.2. The first-order chi connectivity index (χ1) is 13.3. The number of hydrogen-bond donors (Lipinski definition) is 2. The maximum Gasteiger partial charge on any atom is 0.259 e. The lowest BCUT2D eigenvalue weighted by Crippen LogP contribution is -2.39. The van der Waals surface area contributed by atoms with Gasteiger partial charge in [-0.15, -0.1) is 0 Å². The largest absolute Gasteiger partial charge is 0.361 e. The molecule has 0 bridgehead atoms. The molecule has 8 heteroatoms. The molecule has 148 valence electrons. The van der Waals surface area contributed by atoms with Crippen LogP contribution in [0, 0.1) is 0 Å². The highest BCUT2D eigenvalue weighted by molar-refractivity contribution is 5.99. The Kier molecular flexibility index (Phi) is 4.56. The van der Waals surface area contributed by atoms with Crippen LogP contribution >= 0.6 is 0 Å². The van der Waals surface area contributed by atoms with Gasteiger partial charge in [-0.05, 0) is 38.8 Å². The molecule has 0 radical (unpaired) electrons. The smallest absolute Gasteiger partial charge is 0.259 e. The van der Waals surface area contributed by atoms with Crippen molar-refractivity contribution in [2.75, 3.05) is 18.4 Å². The van der Waals surface area contributed by atoms with Crippen LogP contribution in [0.15, 0.2) is 30.6 Å². The Bertz CT molecular complexity index is 891. The first-order valence-corrected chi connectivity index (χ1v) is 9.67. The number of hydrogen-bond acceptors (Lipinski definition) is 5. The Hall–Kier alpha value is -2.90. The van der Waals surface area contributed by atoms with E-state index in [9.17, 15) is 9.59 Å². The third-order valence-electron chi connectivity index (χ3n) is 5.52.